The Kier molecular flexibility index (Phi) is 4.32. The molecule has 0 aromatic heterocycles. The summed E-state index contributed by atoms with van der Waals surface area (Å²) in [6, 6.07) is 21.3. The van der Waals surface area contributed by atoms with Gasteiger partial charge in [-0.2, -0.15) is 0 Å². The van der Waals surface area contributed by atoms with Gasteiger partial charge in [0.05, 0.1) is 0 Å². The lowest BCUT2D eigenvalue weighted by Crippen LogP contribution is -1.97. The SMILES string of the molecule is Cc1cc(C(Br)Cc2cccc3ccccc23)ccc1Cl. The molecule has 0 bridgehead atoms. The lowest BCUT2D eigenvalue weighted by Gasteiger charge is -2.13. The number of fused-ring (bicyclic) bond motifs is 1. The van der Waals surface area contributed by atoms with E-state index in [4.69, 9.17) is 11.6 Å². The third kappa shape index (κ3) is 3.14. The molecule has 0 radical (unpaired) electrons. The summed E-state index contributed by atoms with van der Waals surface area (Å²) in [4.78, 5) is 0.291. The number of alkyl halides is 1. The Labute approximate surface area is 138 Å². The molecule has 1 atom stereocenters. The summed E-state index contributed by atoms with van der Waals surface area (Å²) in [7, 11) is 0. The van der Waals surface area contributed by atoms with Gasteiger partial charge in [-0.25, -0.2) is 0 Å². The molecule has 0 nitrogen and oxygen atoms in total. The second kappa shape index (κ2) is 6.21. The van der Waals surface area contributed by atoms with Crippen LogP contribution < -0.4 is 0 Å². The number of hydrogen-bond donors (Lipinski definition) is 0. The maximum Gasteiger partial charge on any atom is 0.0435 e. The highest BCUT2D eigenvalue weighted by Gasteiger charge is 2.11. The van der Waals surface area contributed by atoms with Crippen LogP contribution in [0, 0.1) is 6.92 Å². The average Bonchev–Trinajstić information content (AvgIpc) is 2.50. The van der Waals surface area contributed by atoms with Crippen molar-refractivity contribution in [2.75, 3.05) is 0 Å². The second-order valence-electron chi connectivity index (χ2n) is 5.32. The van der Waals surface area contributed by atoms with Crippen LogP contribution in [0.5, 0.6) is 0 Å². The van der Waals surface area contributed by atoms with E-state index in [2.05, 4.69) is 70.5 Å². The Balaban J connectivity index is 1.92. The summed E-state index contributed by atoms with van der Waals surface area (Å²) in [6.45, 7) is 2.05. The van der Waals surface area contributed by atoms with E-state index in [1.54, 1.807) is 0 Å². The minimum atomic E-state index is 0.291. The molecule has 0 amide bonds. The van der Waals surface area contributed by atoms with Crippen LogP contribution in [-0.4, -0.2) is 0 Å². The third-order valence-electron chi connectivity index (χ3n) is 3.82. The molecule has 0 N–H and O–H groups in total. The molecule has 1 unspecified atom stereocenters. The molecule has 0 aliphatic carbocycles. The fourth-order valence-electron chi connectivity index (χ4n) is 2.64. The van der Waals surface area contributed by atoms with Gasteiger partial charge in [-0.1, -0.05) is 82.1 Å². The van der Waals surface area contributed by atoms with Crippen LogP contribution in [0.1, 0.15) is 21.5 Å². The summed E-state index contributed by atoms with van der Waals surface area (Å²) >= 11 is 9.93. The lowest BCUT2D eigenvalue weighted by molar-refractivity contribution is 0.955. The predicted octanol–water partition coefficient (Wildman–Crippen LogP) is 6.48. The zero-order chi connectivity index (χ0) is 14.8. The summed E-state index contributed by atoms with van der Waals surface area (Å²) < 4.78 is 0. The van der Waals surface area contributed by atoms with Gasteiger partial charge in [-0.05, 0) is 46.9 Å². The Morgan fingerprint density at radius 2 is 1.76 bits per heavy atom. The van der Waals surface area contributed by atoms with Crippen molar-refractivity contribution in [3.63, 3.8) is 0 Å². The zero-order valence-electron chi connectivity index (χ0n) is 11.8. The van der Waals surface area contributed by atoms with Crippen LogP contribution in [0.4, 0.5) is 0 Å². The largest absolute Gasteiger partial charge is 0.0841 e. The molecular weight excluding hydrogens is 344 g/mol. The Hall–Kier alpha value is -1.31. The van der Waals surface area contributed by atoms with E-state index in [1.165, 1.54) is 21.9 Å². The molecule has 3 aromatic rings. The first kappa shape index (κ1) is 14.6. The highest BCUT2D eigenvalue weighted by Crippen LogP contribution is 2.31. The summed E-state index contributed by atoms with van der Waals surface area (Å²) in [5.74, 6) is 0. The van der Waals surface area contributed by atoms with Crippen LogP contribution in [0.15, 0.2) is 60.7 Å². The molecule has 3 aromatic carbocycles. The standard InChI is InChI=1S/C19H16BrCl/c1-13-11-16(9-10-19(13)21)18(20)12-15-7-4-6-14-5-2-3-8-17(14)15/h2-11,18H,12H2,1H3. The minimum absolute atomic E-state index is 0.291. The molecule has 21 heavy (non-hydrogen) atoms. The molecule has 106 valence electrons. The van der Waals surface area contributed by atoms with E-state index in [9.17, 15) is 0 Å². The molecule has 0 saturated carbocycles. The van der Waals surface area contributed by atoms with E-state index in [1.807, 2.05) is 13.0 Å². The first-order valence-electron chi connectivity index (χ1n) is 7.02. The van der Waals surface area contributed by atoms with Gasteiger partial charge in [0.2, 0.25) is 0 Å². The topological polar surface area (TPSA) is 0 Å². The van der Waals surface area contributed by atoms with E-state index < -0.39 is 0 Å². The highest BCUT2D eigenvalue weighted by molar-refractivity contribution is 9.09. The number of rotatable bonds is 3. The molecule has 0 aliphatic heterocycles. The molecule has 0 spiro atoms. The summed E-state index contributed by atoms with van der Waals surface area (Å²) in [5.41, 5.74) is 3.75. The number of benzene rings is 3. The minimum Gasteiger partial charge on any atom is -0.0841 e. The average molecular weight is 360 g/mol. The third-order valence-corrected chi connectivity index (χ3v) is 5.10. The molecule has 2 heteroatoms. The van der Waals surface area contributed by atoms with Gasteiger partial charge in [0.1, 0.15) is 0 Å². The van der Waals surface area contributed by atoms with Crippen LogP contribution in [0.2, 0.25) is 5.02 Å². The maximum atomic E-state index is 6.11. The van der Waals surface area contributed by atoms with E-state index in [0.717, 1.165) is 17.0 Å². The van der Waals surface area contributed by atoms with Crippen molar-refractivity contribution < 1.29 is 0 Å². The van der Waals surface area contributed by atoms with Crippen molar-refractivity contribution in [3.8, 4) is 0 Å². The van der Waals surface area contributed by atoms with E-state index in [-0.39, 0.29) is 0 Å². The first-order chi connectivity index (χ1) is 10.1. The molecule has 3 rings (SSSR count). The monoisotopic (exact) mass is 358 g/mol. The molecule has 0 aliphatic rings. The highest BCUT2D eigenvalue weighted by atomic mass is 79.9. The van der Waals surface area contributed by atoms with Crippen LogP contribution in [0.25, 0.3) is 10.8 Å². The maximum absolute atomic E-state index is 6.11. The van der Waals surface area contributed by atoms with Crippen LogP contribution in [0.3, 0.4) is 0 Å². The van der Waals surface area contributed by atoms with Crippen molar-refractivity contribution in [1.82, 2.24) is 0 Å². The molecular formula is C19H16BrCl. The van der Waals surface area contributed by atoms with Gasteiger partial charge in [0, 0.05) is 9.85 Å². The number of aryl methyl sites for hydroxylation is 1. The van der Waals surface area contributed by atoms with Crippen molar-refractivity contribution in [1.29, 1.82) is 0 Å². The zero-order valence-corrected chi connectivity index (χ0v) is 14.2. The Morgan fingerprint density at radius 1 is 1.00 bits per heavy atom. The Bertz CT molecular complexity index is 774. The van der Waals surface area contributed by atoms with Crippen molar-refractivity contribution in [2.45, 2.75) is 18.2 Å². The number of hydrogen-bond acceptors (Lipinski definition) is 0. The van der Waals surface area contributed by atoms with E-state index in [0.29, 0.717) is 4.83 Å². The summed E-state index contributed by atoms with van der Waals surface area (Å²) in [5, 5.41) is 3.45. The predicted molar refractivity (Wildman–Crippen MR) is 95.5 cm³/mol. The van der Waals surface area contributed by atoms with Gasteiger partial charge >= 0.3 is 0 Å². The summed E-state index contributed by atoms with van der Waals surface area (Å²) in [6.07, 6.45) is 0.961. The Morgan fingerprint density at radius 3 is 2.57 bits per heavy atom. The van der Waals surface area contributed by atoms with Gasteiger partial charge in [-0.15, -0.1) is 0 Å². The molecule has 0 saturated heterocycles. The second-order valence-corrected chi connectivity index (χ2v) is 6.83. The normalized spacial score (nSPS) is 12.5. The van der Waals surface area contributed by atoms with Crippen molar-refractivity contribution >= 4 is 38.3 Å². The fraction of sp³-hybridized carbons (Fsp3) is 0.158. The van der Waals surface area contributed by atoms with Crippen molar-refractivity contribution in [2.24, 2.45) is 0 Å². The molecule has 0 heterocycles. The van der Waals surface area contributed by atoms with Crippen LogP contribution in [-0.2, 0) is 6.42 Å². The van der Waals surface area contributed by atoms with Crippen LogP contribution >= 0.6 is 27.5 Å². The molecule has 0 fully saturated rings. The lowest BCUT2D eigenvalue weighted by atomic mass is 9.98. The van der Waals surface area contributed by atoms with Gasteiger partial charge in [0.25, 0.3) is 0 Å². The fourth-order valence-corrected chi connectivity index (χ4v) is 3.40. The van der Waals surface area contributed by atoms with Gasteiger partial charge in [0.15, 0.2) is 0 Å². The van der Waals surface area contributed by atoms with Crippen molar-refractivity contribution in [3.05, 3.63) is 82.4 Å². The van der Waals surface area contributed by atoms with Gasteiger partial charge < -0.3 is 0 Å². The quantitative estimate of drug-likeness (QED) is 0.469. The van der Waals surface area contributed by atoms with E-state index >= 15 is 0 Å². The number of halogens is 2. The smallest absolute Gasteiger partial charge is 0.0435 e. The van der Waals surface area contributed by atoms with Gasteiger partial charge in [-0.3, -0.25) is 0 Å². The first-order valence-corrected chi connectivity index (χ1v) is 8.31.